The van der Waals surface area contributed by atoms with Crippen molar-refractivity contribution in [1.29, 1.82) is 0 Å². The van der Waals surface area contributed by atoms with Gasteiger partial charge in [-0.3, -0.25) is 9.52 Å². The quantitative estimate of drug-likeness (QED) is 0.768. The van der Waals surface area contributed by atoms with Crippen LogP contribution < -0.4 is 15.2 Å². The molecule has 4 rings (SSSR count). The number of anilines is 1. The number of amidine groups is 1. The molecule has 2 aliphatic heterocycles. The number of carbonyl (C=O) groups is 1. The molecule has 0 saturated carbocycles. The van der Waals surface area contributed by atoms with Crippen molar-refractivity contribution in [2.75, 3.05) is 24.4 Å². The minimum absolute atomic E-state index is 0.0452. The SMILES string of the molecule is NC1=NS(=O)(=O)Nc2cccc(OC[C@H]3CCCN(C(=O)c4ccccc4F)C3)c21. The number of nitrogens with one attached hydrogen (secondary N) is 1. The Morgan fingerprint density at radius 2 is 2.07 bits per heavy atom. The van der Waals surface area contributed by atoms with Gasteiger partial charge in [0.15, 0.2) is 5.84 Å². The molecule has 8 nitrogen and oxygen atoms in total. The molecular weight excluding hydrogens is 411 g/mol. The van der Waals surface area contributed by atoms with Gasteiger partial charge in [0, 0.05) is 19.0 Å². The van der Waals surface area contributed by atoms with Gasteiger partial charge in [-0.05, 0) is 37.1 Å². The zero-order valence-electron chi connectivity index (χ0n) is 16.0. The highest BCUT2D eigenvalue weighted by molar-refractivity contribution is 7.91. The van der Waals surface area contributed by atoms with Crippen LogP contribution in [0.1, 0.15) is 28.8 Å². The first kappa shape index (κ1) is 20.1. The molecule has 0 spiro atoms. The van der Waals surface area contributed by atoms with Crippen molar-refractivity contribution in [3.05, 3.63) is 59.4 Å². The highest BCUT2D eigenvalue weighted by Gasteiger charge is 2.28. The number of hydrogen-bond donors (Lipinski definition) is 2. The molecule has 158 valence electrons. The minimum Gasteiger partial charge on any atom is -0.492 e. The van der Waals surface area contributed by atoms with Gasteiger partial charge in [-0.1, -0.05) is 18.2 Å². The van der Waals surface area contributed by atoms with Crippen molar-refractivity contribution in [1.82, 2.24) is 4.90 Å². The first-order chi connectivity index (χ1) is 14.3. The van der Waals surface area contributed by atoms with Crippen molar-refractivity contribution in [2.24, 2.45) is 16.0 Å². The lowest BCUT2D eigenvalue weighted by Gasteiger charge is -2.33. The average molecular weight is 432 g/mol. The number of fused-ring (bicyclic) bond motifs is 1. The summed E-state index contributed by atoms with van der Waals surface area (Å²) in [6.45, 7) is 1.31. The molecule has 2 aromatic rings. The van der Waals surface area contributed by atoms with Gasteiger partial charge in [0.2, 0.25) is 0 Å². The molecule has 2 aliphatic rings. The maximum absolute atomic E-state index is 14.0. The number of nitrogens with two attached hydrogens (primary N) is 1. The molecule has 10 heteroatoms. The molecule has 0 bridgehead atoms. The zero-order chi connectivity index (χ0) is 21.3. The molecule has 1 amide bonds. The van der Waals surface area contributed by atoms with E-state index in [0.29, 0.717) is 36.7 Å². The standard InChI is InChI=1S/C20H21FN4O4S/c21-15-7-2-1-6-14(15)20(26)25-10-4-5-13(11-25)12-29-17-9-3-8-16-18(17)19(22)24-30(27,28)23-16/h1-3,6-9,13,23H,4-5,10-12H2,(H2,22,24)/t13-/m0/s1. The Balaban J connectivity index is 1.45. The largest absolute Gasteiger partial charge is 0.492 e. The van der Waals surface area contributed by atoms with Gasteiger partial charge < -0.3 is 15.4 Å². The highest BCUT2D eigenvalue weighted by atomic mass is 32.2. The molecule has 2 heterocycles. The van der Waals surface area contributed by atoms with E-state index < -0.39 is 16.0 Å². The van der Waals surface area contributed by atoms with Gasteiger partial charge in [-0.25, -0.2) is 4.39 Å². The van der Waals surface area contributed by atoms with Crippen LogP contribution in [0.25, 0.3) is 0 Å². The van der Waals surface area contributed by atoms with Crippen molar-refractivity contribution in [3.63, 3.8) is 0 Å². The van der Waals surface area contributed by atoms with E-state index in [9.17, 15) is 17.6 Å². The average Bonchev–Trinajstić information content (AvgIpc) is 2.71. The Bertz CT molecular complexity index is 1120. The lowest BCUT2D eigenvalue weighted by atomic mass is 9.98. The summed E-state index contributed by atoms with van der Waals surface area (Å²) in [6, 6.07) is 10.9. The number of benzene rings is 2. The van der Waals surface area contributed by atoms with Crippen LogP contribution in [-0.2, 0) is 10.2 Å². The molecule has 0 unspecified atom stereocenters. The monoisotopic (exact) mass is 432 g/mol. The van der Waals surface area contributed by atoms with E-state index in [0.717, 1.165) is 12.8 Å². The smallest absolute Gasteiger partial charge is 0.344 e. The first-order valence-electron chi connectivity index (χ1n) is 9.52. The molecule has 0 radical (unpaired) electrons. The fraction of sp³-hybridized carbons (Fsp3) is 0.300. The van der Waals surface area contributed by atoms with Crippen molar-refractivity contribution in [2.45, 2.75) is 12.8 Å². The number of piperidine rings is 1. The Morgan fingerprint density at radius 3 is 2.87 bits per heavy atom. The Labute approximate surface area is 173 Å². The second-order valence-corrected chi connectivity index (χ2v) is 8.62. The Morgan fingerprint density at radius 1 is 1.27 bits per heavy atom. The van der Waals surface area contributed by atoms with Crippen LogP contribution in [0.2, 0.25) is 0 Å². The highest BCUT2D eigenvalue weighted by Crippen LogP contribution is 2.31. The molecule has 3 N–H and O–H groups in total. The summed E-state index contributed by atoms with van der Waals surface area (Å²) in [5, 5.41) is 0. The van der Waals surface area contributed by atoms with Gasteiger partial charge in [0.1, 0.15) is 11.6 Å². The summed E-state index contributed by atoms with van der Waals surface area (Å²) in [4.78, 5) is 14.3. The van der Waals surface area contributed by atoms with Gasteiger partial charge >= 0.3 is 10.2 Å². The Kier molecular flexibility index (Phi) is 5.33. The summed E-state index contributed by atoms with van der Waals surface area (Å²) in [5.74, 6) is -0.550. The van der Waals surface area contributed by atoms with Crippen molar-refractivity contribution < 1.29 is 22.3 Å². The van der Waals surface area contributed by atoms with Crippen LogP contribution in [-0.4, -0.2) is 44.8 Å². The predicted octanol–water partition coefficient (Wildman–Crippen LogP) is 2.13. The van der Waals surface area contributed by atoms with Crippen LogP contribution in [0.4, 0.5) is 10.1 Å². The zero-order valence-corrected chi connectivity index (χ0v) is 16.9. The minimum atomic E-state index is -3.86. The summed E-state index contributed by atoms with van der Waals surface area (Å²) in [6.07, 6.45) is 1.64. The number of likely N-dealkylation sites (tertiary alicyclic amines) is 1. The Hall–Kier alpha value is -3.14. The maximum atomic E-state index is 14.0. The number of halogens is 1. The second-order valence-electron chi connectivity index (χ2n) is 7.28. The molecular formula is C20H21FN4O4S. The molecule has 30 heavy (non-hydrogen) atoms. The molecule has 1 atom stereocenters. The summed E-state index contributed by atoms with van der Waals surface area (Å²) < 4.78 is 49.1. The van der Waals surface area contributed by atoms with Gasteiger partial charge in [0.05, 0.1) is 23.4 Å². The predicted molar refractivity (Wildman–Crippen MR) is 110 cm³/mol. The summed E-state index contributed by atoms with van der Waals surface area (Å²) in [7, 11) is -3.86. The number of hydrogen-bond acceptors (Lipinski definition) is 5. The van der Waals surface area contributed by atoms with E-state index in [-0.39, 0.29) is 23.2 Å². The number of amides is 1. The van der Waals surface area contributed by atoms with Crippen LogP contribution in [0, 0.1) is 11.7 Å². The normalized spacial score (nSPS) is 20.0. The van der Waals surface area contributed by atoms with Crippen LogP contribution in [0.5, 0.6) is 5.75 Å². The van der Waals surface area contributed by atoms with E-state index in [1.54, 1.807) is 35.2 Å². The van der Waals surface area contributed by atoms with E-state index in [4.69, 9.17) is 10.5 Å². The first-order valence-corrected chi connectivity index (χ1v) is 11.0. The number of ether oxygens (including phenoxy) is 1. The molecule has 2 aromatic carbocycles. The van der Waals surface area contributed by atoms with Crippen molar-refractivity contribution >= 4 is 27.6 Å². The fourth-order valence-corrected chi connectivity index (χ4v) is 4.58. The summed E-state index contributed by atoms with van der Waals surface area (Å²) in [5.41, 5.74) is 6.59. The van der Waals surface area contributed by atoms with Gasteiger partial charge in [-0.2, -0.15) is 8.42 Å². The number of carbonyl (C=O) groups excluding carboxylic acids is 1. The van der Waals surface area contributed by atoms with Gasteiger partial charge in [-0.15, -0.1) is 4.40 Å². The number of nitrogens with zero attached hydrogens (tertiary/aromatic N) is 2. The van der Waals surface area contributed by atoms with E-state index >= 15 is 0 Å². The number of rotatable bonds is 4. The fourth-order valence-electron chi connectivity index (χ4n) is 3.74. The van der Waals surface area contributed by atoms with Crippen molar-refractivity contribution in [3.8, 4) is 5.75 Å². The second kappa shape index (κ2) is 7.94. The molecule has 1 saturated heterocycles. The summed E-state index contributed by atoms with van der Waals surface area (Å²) >= 11 is 0. The van der Waals surface area contributed by atoms with Crippen LogP contribution in [0.15, 0.2) is 46.9 Å². The van der Waals surface area contributed by atoms with Crippen LogP contribution >= 0.6 is 0 Å². The molecule has 0 aromatic heterocycles. The topological polar surface area (TPSA) is 114 Å². The third kappa shape index (κ3) is 4.09. The van der Waals surface area contributed by atoms with E-state index in [2.05, 4.69) is 9.12 Å². The van der Waals surface area contributed by atoms with Crippen LogP contribution in [0.3, 0.4) is 0 Å². The van der Waals surface area contributed by atoms with E-state index in [1.165, 1.54) is 12.1 Å². The molecule has 1 fully saturated rings. The molecule has 0 aliphatic carbocycles. The van der Waals surface area contributed by atoms with Gasteiger partial charge in [0.25, 0.3) is 5.91 Å². The maximum Gasteiger partial charge on any atom is 0.344 e. The third-order valence-corrected chi connectivity index (χ3v) is 6.04. The van der Waals surface area contributed by atoms with E-state index in [1.807, 2.05) is 0 Å². The lowest BCUT2D eigenvalue weighted by Crippen LogP contribution is -2.42. The third-order valence-electron chi connectivity index (χ3n) is 5.12. The lowest BCUT2D eigenvalue weighted by molar-refractivity contribution is 0.0628.